The second-order valence-electron chi connectivity index (χ2n) is 7.19. The molecule has 0 aromatic rings. The fourth-order valence-corrected chi connectivity index (χ4v) is 4.18. The molecule has 0 spiro atoms. The van der Waals surface area contributed by atoms with Crippen LogP contribution in [0.2, 0.25) is 0 Å². The Morgan fingerprint density at radius 3 is 2.52 bits per heavy atom. The van der Waals surface area contributed by atoms with E-state index in [2.05, 4.69) is 31.1 Å². The second-order valence-corrected chi connectivity index (χ2v) is 7.19. The van der Waals surface area contributed by atoms with E-state index in [9.17, 15) is 0 Å². The van der Waals surface area contributed by atoms with Crippen LogP contribution in [-0.4, -0.2) is 50.3 Å². The zero-order chi connectivity index (χ0) is 15.1. The molecule has 21 heavy (non-hydrogen) atoms. The van der Waals surface area contributed by atoms with Gasteiger partial charge in [0, 0.05) is 31.8 Å². The summed E-state index contributed by atoms with van der Waals surface area (Å²) in [5.74, 6) is 1.79. The Bertz CT molecular complexity index is 278. The highest BCUT2D eigenvalue weighted by atomic mass is 16.5. The van der Waals surface area contributed by atoms with Crippen LogP contribution < -0.4 is 5.32 Å². The van der Waals surface area contributed by atoms with Crippen molar-refractivity contribution in [3.63, 3.8) is 0 Å². The molecule has 3 atom stereocenters. The van der Waals surface area contributed by atoms with Gasteiger partial charge in [-0.05, 0) is 64.0 Å². The van der Waals surface area contributed by atoms with E-state index >= 15 is 0 Å². The summed E-state index contributed by atoms with van der Waals surface area (Å²) in [6.07, 6.45) is 9.26. The van der Waals surface area contributed by atoms with Crippen molar-refractivity contribution in [3.8, 4) is 0 Å². The minimum absolute atomic E-state index is 0.743. The summed E-state index contributed by atoms with van der Waals surface area (Å²) in [6.45, 7) is 8.99. The zero-order valence-corrected chi connectivity index (χ0v) is 14.4. The van der Waals surface area contributed by atoms with Gasteiger partial charge in [-0.2, -0.15) is 0 Å². The van der Waals surface area contributed by atoms with E-state index in [0.717, 1.165) is 37.1 Å². The molecule has 1 saturated carbocycles. The van der Waals surface area contributed by atoms with Crippen LogP contribution in [0.4, 0.5) is 0 Å². The van der Waals surface area contributed by atoms with Crippen LogP contribution >= 0.6 is 0 Å². The SMILES string of the molecule is CCCNC1CCC(CC)CC1CN(C)C1CCOCC1. The van der Waals surface area contributed by atoms with Crippen LogP contribution in [0.5, 0.6) is 0 Å². The number of rotatable bonds is 7. The van der Waals surface area contributed by atoms with Crippen LogP contribution in [0.25, 0.3) is 0 Å². The van der Waals surface area contributed by atoms with Crippen LogP contribution in [0.3, 0.4) is 0 Å². The normalized spacial score (nSPS) is 31.7. The standard InChI is InChI=1S/C18H36N2O/c1-4-10-19-18-7-6-15(5-2)13-16(18)14-20(3)17-8-11-21-12-9-17/h15-19H,4-14H2,1-3H3. The monoisotopic (exact) mass is 296 g/mol. The maximum Gasteiger partial charge on any atom is 0.0480 e. The van der Waals surface area contributed by atoms with Crippen molar-refractivity contribution in [2.75, 3.05) is 33.4 Å². The first-order chi connectivity index (χ1) is 10.2. The van der Waals surface area contributed by atoms with E-state index in [0.29, 0.717) is 0 Å². The Morgan fingerprint density at radius 1 is 1.10 bits per heavy atom. The Kier molecular flexibility index (Phi) is 7.48. The van der Waals surface area contributed by atoms with Gasteiger partial charge in [0.1, 0.15) is 0 Å². The quantitative estimate of drug-likeness (QED) is 0.780. The Labute approximate surface area is 131 Å². The van der Waals surface area contributed by atoms with Crippen molar-refractivity contribution in [1.29, 1.82) is 0 Å². The third kappa shape index (κ3) is 5.22. The molecule has 1 heterocycles. The molecule has 3 heteroatoms. The van der Waals surface area contributed by atoms with Crippen molar-refractivity contribution in [2.24, 2.45) is 11.8 Å². The Hall–Kier alpha value is -0.120. The van der Waals surface area contributed by atoms with E-state index < -0.39 is 0 Å². The van der Waals surface area contributed by atoms with Crippen molar-refractivity contribution >= 4 is 0 Å². The lowest BCUT2D eigenvalue weighted by atomic mass is 9.76. The molecule has 0 bridgehead atoms. The maximum atomic E-state index is 5.51. The molecule has 3 unspecified atom stereocenters. The predicted molar refractivity (Wildman–Crippen MR) is 89.7 cm³/mol. The van der Waals surface area contributed by atoms with Gasteiger partial charge in [0.15, 0.2) is 0 Å². The molecule has 1 aliphatic heterocycles. The lowest BCUT2D eigenvalue weighted by molar-refractivity contribution is 0.0310. The van der Waals surface area contributed by atoms with Crippen molar-refractivity contribution < 1.29 is 4.74 Å². The molecular formula is C18H36N2O. The van der Waals surface area contributed by atoms with Gasteiger partial charge in [-0.25, -0.2) is 0 Å². The lowest BCUT2D eigenvalue weighted by Crippen LogP contribution is -2.48. The smallest absolute Gasteiger partial charge is 0.0480 e. The highest BCUT2D eigenvalue weighted by Crippen LogP contribution is 2.32. The summed E-state index contributed by atoms with van der Waals surface area (Å²) in [5, 5.41) is 3.82. The zero-order valence-electron chi connectivity index (χ0n) is 14.4. The first-order valence-electron chi connectivity index (χ1n) is 9.25. The van der Waals surface area contributed by atoms with Crippen LogP contribution in [0, 0.1) is 11.8 Å². The molecular weight excluding hydrogens is 260 g/mol. The maximum absolute atomic E-state index is 5.51. The van der Waals surface area contributed by atoms with Gasteiger partial charge in [0.25, 0.3) is 0 Å². The summed E-state index contributed by atoms with van der Waals surface area (Å²) in [5.41, 5.74) is 0. The third-order valence-electron chi connectivity index (χ3n) is 5.66. The van der Waals surface area contributed by atoms with E-state index in [-0.39, 0.29) is 0 Å². The minimum Gasteiger partial charge on any atom is -0.381 e. The predicted octanol–water partition coefficient (Wildman–Crippen LogP) is 3.29. The molecule has 0 aromatic heterocycles. The van der Waals surface area contributed by atoms with E-state index in [1.54, 1.807) is 0 Å². The highest BCUT2D eigenvalue weighted by molar-refractivity contribution is 4.87. The summed E-state index contributed by atoms with van der Waals surface area (Å²) in [4.78, 5) is 2.63. The van der Waals surface area contributed by atoms with Gasteiger partial charge in [-0.3, -0.25) is 0 Å². The molecule has 124 valence electrons. The lowest BCUT2D eigenvalue weighted by Gasteiger charge is -2.41. The summed E-state index contributed by atoms with van der Waals surface area (Å²) in [7, 11) is 2.34. The fourth-order valence-electron chi connectivity index (χ4n) is 4.18. The van der Waals surface area contributed by atoms with Gasteiger partial charge < -0.3 is 15.0 Å². The van der Waals surface area contributed by atoms with Crippen LogP contribution in [-0.2, 0) is 4.74 Å². The van der Waals surface area contributed by atoms with Crippen molar-refractivity contribution in [1.82, 2.24) is 10.2 Å². The average molecular weight is 296 g/mol. The van der Waals surface area contributed by atoms with Gasteiger partial charge in [-0.15, -0.1) is 0 Å². The largest absolute Gasteiger partial charge is 0.381 e. The summed E-state index contributed by atoms with van der Waals surface area (Å²) < 4.78 is 5.51. The minimum atomic E-state index is 0.743. The fraction of sp³-hybridized carbons (Fsp3) is 1.00. The van der Waals surface area contributed by atoms with Crippen LogP contribution in [0.15, 0.2) is 0 Å². The first-order valence-corrected chi connectivity index (χ1v) is 9.25. The van der Waals surface area contributed by atoms with Crippen molar-refractivity contribution in [3.05, 3.63) is 0 Å². The topological polar surface area (TPSA) is 24.5 Å². The molecule has 1 saturated heterocycles. The summed E-state index contributed by atoms with van der Waals surface area (Å²) in [6, 6.07) is 1.49. The number of nitrogens with zero attached hydrogens (tertiary/aromatic N) is 1. The average Bonchev–Trinajstić information content (AvgIpc) is 2.54. The highest BCUT2D eigenvalue weighted by Gasteiger charge is 2.31. The number of hydrogen-bond acceptors (Lipinski definition) is 3. The van der Waals surface area contributed by atoms with E-state index in [4.69, 9.17) is 4.74 Å². The molecule has 0 aromatic carbocycles. The van der Waals surface area contributed by atoms with Crippen molar-refractivity contribution in [2.45, 2.75) is 70.9 Å². The van der Waals surface area contributed by atoms with Gasteiger partial charge in [0.05, 0.1) is 0 Å². The second kappa shape index (κ2) is 9.12. The molecule has 0 radical (unpaired) electrons. The molecule has 2 aliphatic rings. The third-order valence-corrected chi connectivity index (χ3v) is 5.66. The van der Waals surface area contributed by atoms with Gasteiger partial charge in [-0.1, -0.05) is 20.3 Å². The Morgan fingerprint density at radius 2 is 1.86 bits per heavy atom. The van der Waals surface area contributed by atoms with Gasteiger partial charge >= 0.3 is 0 Å². The number of nitrogens with one attached hydrogen (secondary N) is 1. The van der Waals surface area contributed by atoms with Gasteiger partial charge in [0.2, 0.25) is 0 Å². The number of hydrogen-bond donors (Lipinski definition) is 1. The van der Waals surface area contributed by atoms with E-state index in [1.807, 2.05) is 0 Å². The number of ether oxygens (including phenoxy) is 1. The van der Waals surface area contributed by atoms with E-state index in [1.165, 1.54) is 58.0 Å². The molecule has 1 N–H and O–H groups in total. The molecule has 3 nitrogen and oxygen atoms in total. The first kappa shape index (κ1) is 17.2. The molecule has 0 amide bonds. The Balaban J connectivity index is 1.87. The molecule has 2 fully saturated rings. The molecule has 2 rings (SSSR count). The summed E-state index contributed by atoms with van der Waals surface area (Å²) >= 11 is 0. The van der Waals surface area contributed by atoms with Crippen LogP contribution in [0.1, 0.15) is 58.8 Å². The molecule has 1 aliphatic carbocycles.